The number of nitriles is 1. The van der Waals surface area contributed by atoms with Crippen molar-refractivity contribution in [2.24, 2.45) is 11.7 Å². The average molecular weight is 569 g/mol. The molecule has 0 spiro atoms. The van der Waals surface area contributed by atoms with E-state index in [1.807, 2.05) is 36.4 Å². The Labute approximate surface area is 253 Å². The van der Waals surface area contributed by atoms with E-state index >= 15 is 0 Å². The van der Waals surface area contributed by atoms with Crippen LogP contribution in [0.5, 0.6) is 0 Å². The van der Waals surface area contributed by atoms with Gasteiger partial charge in [0, 0.05) is 23.4 Å². The summed E-state index contributed by atoms with van der Waals surface area (Å²) in [6, 6.07) is 20.7. The lowest BCUT2D eigenvalue weighted by Gasteiger charge is -2.22. The number of unbranched alkanes of at least 4 members (excludes halogenated alkanes) is 2. The van der Waals surface area contributed by atoms with E-state index in [0.717, 1.165) is 85.3 Å². The quantitative estimate of drug-likeness (QED) is 0.169. The molecule has 1 unspecified atom stereocenters. The van der Waals surface area contributed by atoms with Gasteiger partial charge in [0.25, 0.3) is 0 Å². The minimum Gasteiger partial charge on any atom is -0.384 e. The van der Waals surface area contributed by atoms with Crippen molar-refractivity contribution >= 4 is 5.70 Å². The van der Waals surface area contributed by atoms with Gasteiger partial charge in [-0.3, -0.25) is 4.98 Å². The third-order valence-corrected chi connectivity index (χ3v) is 7.41. The van der Waals surface area contributed by atoms with Gasteiger partial charge in [0.1, 0.15) is 5.82 Å². The van der Waals surface area contributed by atoms with E-state index < -0.39 is 0 Å². The number of aromatic nitrogens is 1. The maximum absolute atomic E-state index is 12.6. The van der Waals surface area contributed by atoms with Crippen molar-refractivity contribution < 1.29 is 4.39 Å². The second kappa shape index (κ2) is 19.4. The van der Waals surface area contributed by atoms with Gasteiger partial charge in [-0.05, 0) is 86.9 Å². The normalized spacial score (nSPS) is 11.1. The molecule has 1 aromatic heterocycles. The van der Waals surface area contributed by atoms with Gasteiger partial charge >= 0.3 is 0 Å². The van der Waals surface area contributed by atoms with Gasteiger partial charge < -0.3 is 11.1 Å². The summed E-state index contributed by atoms with van der Waals surface area (Å²) in [5.41, 5.74) is 13.3. The highest BCUT2D eigenvalue weighted by atomic mass is 19.1. The molecule has 2 aromatic carbocycles. The van der Waals surface area contributed by atoms with E-state index in [4.69, 9.17) is 10.7 Å². The molecule has 4 nitrogen and oxygen atoms in total. The van der Waals surface area contributed by atoms with Crippen molar-refractivity contribution in [2.75, 3.05) is 13.1 Å². The van der Waals surface area contributed by atoms with E-state index in [2.05, 4.69) is 51.4 Å². The molecule has 42 heavy (non-hydrogen) atoms. The molecule has 3 N–H and O–H groups in total. The molecule has 0 bridgehead atoms. The van der Waals surface area contributed by atoms with Gasteiger partial charge in [-0.2, -0.15) is 5.26 Å². The number of nitrogens with one attached hydrogen (secondary N) is 1. The summed E-state index contributed by atoms with van der Waals surface area (Å²) in [4.78, 5) is 4.86. The summed E-state index contributed by atoms with van der Waals surface area (Å²) < 4.78 is 12.6. The molecule has 0 saturated carbocycles. The predicted octanol–water partition coefficient (Wildman–Crippen LogP) is 9.01. The van der Waals surface area contributed by atoms with Crippen LogP contribution in [0.2, 0.25) is 0 Å². The van der Waals surface area contributed by atoms with Crippen molar-refractivity contribution in [3.63, 3.8) is 0 Å². The molecule has 3 aromatic rings. The molecule has 0 radical (unpaired) electrons. The monoisotopic (exact) mass is 568 g/mol. The fraction of sp³-hybridized carbons (Fsp3) is 0.405. The molecule has 1 atom stereocenters. The zero-order valence-corrected chi connectivity index (χ0v) is 25.9. The van der Waals surface area contributed by atoms with Gasteiger partial charge in [-0.15, -0.1) is 0 Å². The Bertz CT molecular complexity index is 1310. The van der Waals surface area contributed by atoms with Crippen molar-refractivity contribution in [3.8, 4) is 17.3 Å². The Morgan fingerprint density at radius 1 is 1.00 bits per heavy atom. The average Bonchev–Trinajstić information content (AvgIpc) is 3.02. The molecule has 0 aliphatic carbocycles. The number of aryl methyl sites for hydroxylation is 2. The highest BCUT2D eigenvalue weighted by molar-refractivity contribution is 5.71. The van der Waals surface area contributed by atoms with E-state index in [1.54, 1.807) is 12.1 Å². The van der Waals surface area contributed by atoms with Crippen molar-refractivity contribution in [1.29, 1.82) is 5.26 Å². The van der Waals surface area contributed by atoms with Crippen molar-refractivity contribution in [2.45, 2.75) is 78.6 Å². The standard InChI is InChI=1S/C27H36N4.C10H13F/c1-5-7-12-23(20(3)11-10-17-28)19-30-21(4)24-15-16-27(31-26(24)6-2)25-14-9-8-13-22(25)18-29;1-2-3-5-9-6-4-7-10(11)8-9/h8-9,13-16,23,30H,3-7,10-12,17,19,28H2,1-2H3;4,6-8H,2-3,5H2,1H3. The largest absolute Gasteiger partial charge is 0.384 e. The summed E-state index contributed by atoms with van der Waals surface area (Å²) >= 11 is 0. The molecular weight excluding hydrogens is 519 g/mol. The van der Waals surface area contributed by atoms with E-state index in [-0.39, 0.29) is 5.82 Å². The fourth-order valence-electron chi connectivity index (χ4n) is 4.85. The van der Waals surface area contributed by atoms with Crippen LogP contribution >= 0.6 is 0 Å². The number of hydrogen-bond acceptors (Lipinski definition) is 4. The van der Waals surface area contributed by atoms with Crippen LogP contribution in [0.3, 0.4) is 0 Å². The molecule has 0 fully saturated rings. The van der Waals surface area contributed by atoms with Gasteiger partial charge in [-0.1, -0.05) is 89.1 Å². The summed E-state index contributed by atoms with van der Waals surface area (Å²) in [6.45, 7) is 16.6. The minimum atomic E-state index is -0.126. The fourth-order valence-corrected chi connectivity index (χ4v) is 4.85. The molecule has 0 aliphatic heterocycles. The van der Waals surface area contributed by atoms with Crippen LogP contribution in [-0.4, -0.2) is 18.1 Å². The van der Waals surface area contributed by atoms with Crippen LogP contribution in [0.15, 0.2) is 79.4 Å². The zero-order chi connectivity index (χ0) is 30.7. The Morgan fingerprint density at radius 2 is 1.76 bits per heavy atom. The van der Waals surface area contributed by atoms with Crippen LogP contribution in [0.25, 0.3) is 17.0 Å². The van der Waals surface area contributed by atoms with Crippen LogP contribution in [-0.2, 0) is 12.8 Å². The molecule has 3 rings (SSSR count). The SMILES string of the molecule is C=C(NCC(CCCC)C(=C)CCCN)c1ccc(-c2ccccc2C#N)nc1CC.CCCCc1cccc(F)c1. The summed E-state index contributed by atoms with van der Waals surface area (Å²) in [7, 11) is 0. The number of nitrogens with zero attached hydrogens (tertiary/aromatic N) is 2. The number of hydrogen-bond donors (Lipinski definition) is 2. The molecule has 224 valence electrons. The maximum Gasteiger partial charge on any atom is 0.123 e. The Hall–Kier alpha value is -3.75. The molecular formula is C37H49FN4. The third-order valence-electron chi connectivity index (χ3n) is 7.41. The molecule has 0 saturated heterocycles. The molecule has 5 heteroatoms. The van der Waals surface area contributed by atoms with Crippen LogP contribution in [0.4, 0.5) is 4.39 Å². The summed E-state index contributed by atoms with van der Waals surface area (Å²) in [6.07, 6.45) is 9.55. The second-order valence-electron chi connectivity index (χ2n) is 10.7. The minimum absolute atomic E-state index is 0.126. The Morgan fingerprint density at radius 3 is 2.43 bits per heavy atom. The highest BCUT2D eigenvalue weighted by Crippen LogP contribution is 2.26. The first-order chi connectivity index (χ1) is 20.4. The van der Waals surface area contributed by atoms with Crippen LogP contribution in [0, 0.1) is 23.1 Å². The smallest absolute Gasteiger partial charge is 0.123 e. The first-order valence-corrected chi connectivity index (χ1v) is 15.4. The van der Waals surface area contributed by atoms with Crippen molar-refractivity contribution in [1.82, 2.24) is 10.3 Å². The zero-order valence-electron chi connectivity index (χ0n) is 25.9. The number of pyridine rings is 1. The number of nitrogens with two attached hydrogens (primary N) is 1. The lowest BCUT2D eigenvalue weighted by atomic mass is 9.91. The molecule has 1 heterocycles. The first-order valence-electron chi connectivity index (χ1n) is 15.4. The first kappa shape index (κ1) is 34.5. The van der Waals surface area contributed by atoms with Crippen LogP contribution in [0.1, 0.15) is 88.1 Å². The lowest BCUT2D eigenvalue weighted by Crippen LogP contribution is -2.23. The van der Waals surface area contributed by atoms with Gasteiger partial charge in [0.15, 0.2) is 0 Å². The van der Waals surface area contributed by atoms with E-state index in [1.165, 1.54) is 24.5 Å². The van der Waals surface area contributed by atoms with Gasteiger partial charge in [0.2, 0.25) is 0 Å². The van der Waals surface area contributed by atoms with Gasteiger partial charge in [-0.25, -0.2) is 4.39 Å². The van der Waals surface area contributed by atoms with Crippen molar-refractivity contribution in [3.05, 3.63) is 108 Å². The molecule has 0 amide bonds. The van der Waals surface area contributed by atoms with Gasteiger partial charge in [0.05, 0.1) is 23.0 Å². The second-order valence-corrected chi connectivity index (χ2v) is 10.7. The summed E-state index contributed by atoms with van der Waals surface area (Å²) in [5, 5.41) is 13.0. The van der Waals surface area contributed by atoms with Crippen LogP contribution < -0.4 is 11.1 Å². The lowest BCUT2D eigenvalue weighted by molar-refractivity contribution is 0.500. The topological polar surface area (TPSA) is 74.7 Å². The molecule has 0 aliphatic rings. The highest BCUT2D eigenvalue weighted by Gasteiger charge is 2.15. The number of rotatable bonds is 16. The predicted molar refractivity (Wildman–Crippen MR) is 176 cm³/mol. The Kier molecular flexibility index (Phi) is 15.9. The Balaban J connectivity index is 0.000000468. The number of benzene rings is 2. The summed E-state index contributed by atoms with van der Waals surface area (Å²) in [5.74, 6) is 0.293. The van der Waals surface area contributed by atoms with E-state index in [9.17, 15) is 9.65 Å². The third kappa shape index (κ3) is 11.3. The van der Waals surface area contributed by atoms with E-state index in [0.29, 0.717) is 18.0 Å². The number of halogens is 1. The maximum atomic E-state index is 12.6.